The Morgan fingerprint density at radius 1 is 1.12 bits per heavy atom. The van der Waals surface area contributed by atoms with Crippen molar-refractivity contribution in [3.05, 3.63) is 35.2 Å². The van der Waals surface area contributed by atoms with E-state index in [0.717, 1.165) is 28.7 Å². The third-order valence-electron chi connectivity index (χ3n) is 4.69. The highest BCUT2D eigenvalue weighted by atomic mass is 16.2. The van der Waals surface area contributed by atoms with Gasteiger partial charge in [0, 0.05) is 44.3 Å². The SMILES string of the molecule is Cc1n[nH]c(C)c1C(=O)N1CCN(c2nccn3c(C)nnc23)CC1. The molecule has 0 unspecified atom stereocenters. The van der Waals surface area contributed by atoms with E-state index in [-0.39, 0.29) is 5.91 Å². The first-order valence-electron chi connectivity index (χ1n) is 8.28. The summed E-state index contributed by atoms with van der Waals surface area (Å²) in [6.45, 7) is 8.33. The first kappa shape index (κ1) is 15.6. The minimum Gasteiger partial charge on any atom is -0.350 e. The van der Waals surface area contributed by atoms with Crippen LogP contribution in [0.1, 0.15) is 27.6 Å². The Bertz CT molecular complexity index is 915. The van der Waals surface area contributed by atoms with Gasteiger partial charge >= 0.3 is 0 Å². The molecule has 0 aliphatic carbocycles. The lowest BCUT2D eigenvalue weighted by atomic mass is 10.1. The van der Waals surface area contributed by atoms with Gasteiger partial charge in [0.05, 0.1) is 11.3 Å². The number of aryl methyl sites for hydroxylation is 3. The average molecular weight is 340 g/mol. The van der Waals surface area contributed by atoms with Crippen LogP contribution in [0.2, 0.25) is 0 Å². The van der Waals surface area contributed by atoms with Gasteiger partial charge in [-0.15, -0.1) is 10.2 Å². The van der Waals surface area contributed by atoms with Gasteiger partial charge in [-0.1, -0.05) is 0 Å². The van der Waals surface area contributed by atoms with Crippen LogP contribution >= 0.6 is 0 Å². The van der Waals surface area contributed by atoms with Crippen LogP contribution in [0, 0.1) is 20.8 Å². The summed E-state index contributed by atoms with van der Waals surface area (Å²) in [5.41, 5.74) is 2.99. The number of hydrogen-bond acceptors (Lipinski definition) is 6. The molecule has 25 heavy (non-hydrogen) atoms. The van der Waals surface area contributed by atoms with E-state index in [1.165, 1.54) is 0 Å². The Hall–Kier alpha value is -2.97. The summed E-state index contributed by atoms with van der Waals surface area (Å²) in [4.78, 5) is 21.3. The highest BCUT2D eigenvalue weighted by Crippen LogP contribution is 2.20. The number of carbonyl (C=O) groups excluding carboxylic acids is 1. The van der Waals surface area contributed by atoms with Crippen molar-refractivity contribution in [2.75, 3.05) is 31.1 Å². The molecule has 1 amide bonds. The third kappa shape index (κ3) is 2.51. The van der Waals surface area contributed by atoms with Gasteiger partial charge < -0.3 is 9.80 Å². The third-order valence-corrected chi connectivity index (χ3v) is 4.69. The van der Waals surface area contributed by atoms with Crippen LogP contribution in [0.4, 0.5) is 5.82 Å². The number of hydrogen-bond donors (Lipinski definition) is 1. The number of carbonyl (C=O) groups is 1. The lowest BCUT2D eigenvalue weighted by Gasteiger charge is -2.35. The zero-order valence-electron chi connectivity index (χ0n) is 14.5. The summed E-state index contributed by atoms with van der Waals surface area (Å²) in [6, 6.07) is 0. The monoisotopic (exact) mass is 340 g/mol. The summed E-state index contributed by atoms with van der Waals surface area (Å²) in [5, 5.41) is 15.3. The highest BCUT2D eigenvalue weighted by molar-refractivity contribution is 5.96. The summed E-state index contributed by atoms with van der Waals surface area (Å²) in [7, 11) is 0. The van der Waals surface area contributed by atoms with Crippen molar-refractivity contribution in [1.82, 2.24) is 34.7 Å². The van der Waals surface area contributed by atoms with Gasteiger partial charge in [-0.05, 0) is 20.8 Å². The van der Waals surface area contributed by atoms with Gasteiger partial charge in [-0.3, -0.25) is 14.3 Å². The van der Waals surface area contributed by atoms with Crippen LogP contribution in [0.15, 0.2) is 12.4 Å². The van der Waals surface area contributed by atoms with Gasteiger partial charge in [-0.2, -0.15) is 5.10 Å². The Morgan fingerprint density at radius 3 is 2.56 bits per heavy atom. The first-order chi connectivity index (χ1) is 12.1. The molecule has 0 saturated carbocycles. The fraction of sp³-hybridized carbons (Fsp3) is 0.438. The number of piperazine rings is 1. The molecule has 0 bridgehead atoms. The number of nitrogens with zero attached hydrogens (tertiary/aromatic N) is 7. The maximum Gasteiger partial charge on any atom is 0.257 e. The molecular formula is C16H20N8O. The Balaban J connectivity index is 1.52. The van der Waals surface area contributed by atoms with Crippen molar-refractivity contribution in [2.24, 2.45) is 0 Å². The number of aromatic nitrogens is 6. The van der Waals surface area contributed by atoms with Crippen molar-refractivity contribution in [3.63, 3.8) is 0 Å². The van der Waals surface area contributed by atoms with E-state index in [4.69, 9.17) is 0 Å². The molecule has 0 radical (unpaired) electrons. The number of aromatic amines is 1. The second-order valence-corrected chi connectivity index (χ2v) is 6.28. The van der Waals surface area contributed by atoms with Gasteiger partial charge in [-0.25, -0.2) is 4.98 Å². The molecule has 0 atom stereocenters. The Kier molecular flexibility index (Phi) is 3.63. The quantitative estimate of drug-likeness (QED) is 0.739. The molecule has 9 heteroatoms. The molecule has 0 aromatic carbocycles. The smallest absolute Gasteiger partial charge is 0.257 e. The lowest BCUT2D eigenvalue weighted by Crippen LogP contribution is -2.49. The van der Waals surface area contributed by atoms with Crippen molar-refractivity contribution in [3.8, 4) is 0 Å². The molecule has 1 aliphatic heterocycles. The molecule has 1 fully saturated rings. The van der Waals surface area contributed by atoms with E-state index < -0.39 is 0 Å². The predicted molar refractivity (Wildman–Crippen MR) is 91.7 cm³/mol. The zero-order valence-corrected chi connectivity index (χ0v) is 14.5. The minimum atomic E-state index is 0.0351. The van der Waals surface area contributed by atoms with Gasteiger partial charge in [0.25, 0.3) is 5.91 Å². The fourth-order valence-corrected chi connectivity index (χ4v) is 3.30. The minimum absolute atomic E-state index is 0.0351. The van der Waals surface area contributed by atoms with Gasteiger partial charge in [0.2, 0.25) is 5.65 Å². The lowest BCUT2D eigenvalue weighted by molar-refractivity contribution is 0.0745. The van der Waals surface area contributed by atoms with Crippen LogP contribution < -0.4 is 4.90 Å². The summed E-state index contributed by atoms with van der Waals surface area (Å²) < 4.78 is 1.93. The topological polar surface area (TPSA) is 95.3 Å². The number of anilines is 1. The van der Waals surface area contributed by atoms with Gasteiger partial charge in [0.1, 0.15) is 5.82 Å². The van der Waals surface area contributed by atoms with Crippen molar-refractivity contribution >= 4 is 17.4 Å². The van der Waals surface area contributed by atoms with E-state index in [1.54, 1.807) is 6.20 Å². The Labute approximate surface area is 144 Å². The van der Waals surface area contributed by atoms with E-state index in [1.807, 2.05) is 36.3 Å². The van der Waals surface area contributed by atoms with E-state index >= 15 is 0 Å². The highest BCUT2D eigenvalue weighted by Gasteiger charge is 2.27. The molecule has 4 rings (SSSR count). The van der Waals surface area contributed by atoms with Crippen LogP contribution in [0.3, 0.4) is 0 Å². The second kappa shape index (κ2) is 5.83. The first-order valence-corrected chi connectivity index (χ1v) is 8.28. The van der Waals surface area contributed by atoms with E-state index in [0.29, 0.717) is 31.7 Å². The molecular weight excluding hydrogens is 320 g/mol. The van der Waals surface area contributed by atoms with Crippen LogP contribution in [-0.4, -0.2) is 66.8 Å². The molecule has 4 heterocycles. The fourth-order valence-electron chi connectivity index (χ4n) is 3.30. The standard InChI is InChI=1S/C16H20N8O/c1-10-13(11(2)19-18-10)16(25)23-8-6-22(7-9-23)14-15-21-20-12(3)24(15)5-4-17-14/h4-5H,6-9H2,1-3H3,(H,18,19). The predicted octanol–water partition coefficient (Wildman–Crippen LogP) is 0.735. The van der Waals surface area contributed by atoms with E-state index in [9.17, 15) is 4.79 Å². The summed E-state index contributed by atoms with van der Waals surface area (Å²) in [6.07, 6.45) is 3.62. The zero-order chi connectivity index (χ0) is 17.6. The molecule has 9 nitrogen and oxygen atoms in total. The number of fused-ring (bicyclic) bond motifs is 1. The number of amides is 1. The molecule has 130 valence electrons. The molecule has 1 N–H and O–H groups in total. The molecule has 1 saturated heterocycles. The maximum absolute atomic E-state index is 12.8. The molecule has 0 spiro atoms. The molecule has 1 aliphatic rings. The normalized spacial score (nSPS) is 15.2. The summed E-state index contributed by atoms with van der Waals surface area (Å²) >= 11 is 0. The van der Waals surface area contributed by atoms with Crippen molar-refractivity contribution in [1.29, 1.82) is 0 Å². The number of H-pyrrole nitrogens is 1. The maximum atomic E-state index is 12.8. The number of rotatable bonds is 2. The largest absolute Gasteiger partial charge is 0.350 e. The van der Waals surface area contributed by atoms with Crippen LogP contribution in [-0.2, 0) is 0 Å². The van der Waals surface area contributed by atoms with Crippen molar-refractivity contribution < 1.29 is 4.79 Å². The molecule has 3 aromatic rings. The second-order valence-electron chi connectivity index (χ2n) is 6.28. The van der Waals surface area contributed by atoms with Crippen LogP contribution in [0.25, 0.3) is 5.65 Å². The van der Waals surface area contributed by atoms with Gasteiger partial charge in [0.15, 0.2) is 5.82 Å². The number of nitrogens with one attached hydrogen (secondary N) is 1. The Morgan fingerprint density at radius 2 is 1.88 bits per heavy atom. The van der Waals surface area contributed by atoms with E-state index in [2.05, 4.69) is 30.3 Å². The van der Waals surface area contributed by atoms with Crippen LogP contribution in [0.5, 0.6) is 0 Å². The molecule has 3 aromatic heterocycles. The average Bonchev–Trinajstić information content (AvgIpc) is 3.17. The van der Waals surface area contributed by atoms with Crippen molar-refractivity contribution in [2.45, 2.75) is 20.8 Å². The summed E-state index contributed by atoms with van der Waals surface area (Å²) in [5.74, 6) is 1.68.